The van der Waals surface area contributed by atoms with Crippen molar-refractivity contribution in [2.75, 3.05) is 13.1 Å². The normalized spacial score (nSPS) is 29.3. The molecule has 1 aliphatic heterocycles. The van der Waals surface area contributed by atoms with Crippen LogP contribution in [0.2, 0.25) is 0 Å². The Morgan fingerprint density at radius 3 is 2.67 bits per heavy atom. The molecule has 0 aromatic carbocycles. The van der Waals surface area contributed by atoms with Crippen LogP contribution < -0.4 is 5.32 Å². The van der Waals surface area contributed by atoms with Crippen molar-refractivity contribution in [3.05, 3.63) is 0 Å². The van der Waals surface area contributed by atoms with Crippen molar-refractivity contribution in [3.63, 3.8) is 0 Å². The second-order valence-electron chi connectivity index (χ2n) is 3.20. The van der Waals surface area contributed by atoms with Gasteiger partial charge in [-0.15, -0.1) is 0 Å². The molecule has 2 aliphatic rings. The van der Waals surface area contributed by atoms with Crippen LogP contribution in [0.3, 0.4) is 0 Å². The number of nitrogens with one attached hydrogen (secondary N) is 1. The van der Waals surface area contributed by atoms with Gasteiger partial charge in [0.1, 0.15) is 0 Å². The van der Waals surface area contributed by atoms with Gasteiger partial charge in [-0.3, -0.25) is 4.99 Å². The van der Waals surface area contributed by atoms with Crippen molar-refractivity contribution in [1.29, 1.82) is 0 Å². The summed E-state index contributed by atoms with van der Waals surface area (Å²) in [5.74, 6) is 0. The zero-order chi connectivity index (χ0) is 6.16. The van der Waals surface area contributed by atoms with Crippen LogP contribution in [0.1, 0.15) is 19.3 Å². The van der Waals surface area contributed by atoms with Gasteiger partial charge >= 0.3 is 0 Å². The summed E-state index contributed by atoms with van der Waals surface area (Å²) in [6.07, 6.45) is 6.02. The van der Waals surface area contributed by atoms with Gasteiger partial charge in [0.25, 0.3) is 0 Å². The van der Waals surface area contributed by atoms with Crippen LogP contribution in [0.15, 0.2) is 4.99 Å². The van der Waals surface area contributed by atoms with Gasteiger partial charge in [0, 0.05) is 18.5 Å². The second kappa shape index (κ2) is 1.72. The van der Waals surface area contributed by atoms with Crippen molar-refractivity contribution in [2.24, 2.45) is 10.4 Å². The van der Waals surface area contributed by atoms with E-state index in [-0.39, 0.29) is 0 Å². The third kappa shape index (κ3) is 0.732. The van der Waals surface area contributed by atoms with Gasteiger partial charge in [-0.05, 0) is 12.8 Å². The highest BCUT2D eigenvalue weighted by Crippen LogP contribution is 2.41. The maximum atomic E-state index is 4.22. The summed E-state index contributed by atoms with van der Waals surface area (Å²) in [5.41, 5.74) is 0.592. The molecule has 1 fully saturated rings. The predicted octanol–water partition coefficient (Wildman–Crippen LogP) is 0.788. The van der Waals surface area contributed by atoms with Gasteiger partial charge in [-0.25, -0.2) is 0 Å². The lowest BCUT2D eigenvalue weighted by atomic mass is 9.68. The summed E-state index contributed by atoms with van der Waals surface area (Å²) in [4.78, 5) is 4.22. The lowest BCUT2D eigenvalue weighted by Crippen LogP contribution is -2.44. The Morgan fingerprint density at radius 1 is 1.44 bits per heavy atom. The molecular formula is C7H12N2. The largest absolute Gasteiger partial charge is 0.376 e. The topological polar surface area (TPSA) is 24.4 Å². The number of rotatable bonds is 0. The standard InChI is InChI=1S/C7H12N2/c1-2-7(3-1)4-8-6-9-5-7/h6H,1-5H2,(H,8,9). The highest BCUT2D eigenvalue weighted by molar-refractivity contribution is 5.55. The second-order valence-corrected chi connectivity index (χ2v) is 3.20. The first-order valence-corrected chi connectivity index (χ1v) is 3.63. The van der Waals surface area contributed by atoms with E-state index in [1.54, 1.807) is 0 Å². The molecule has 9 heavy (non-hydrogen) atoms. The molecule has 0 saturated heterocycles. The third-order valence-corrected chi connectivity index (χ3v) is 2.50. The number of nitrogens with zero attached hydrogens (tertiary/aromatic N) is 1. The first-order chi connectivity index (χ1) is 4.41. The Hall–Kier alpha value is -0.530. The van der Waals surface area contributed by atoms with Crippen LogP contribution in [0, 0.1) is 5.41 Å². The molecule has 1 heterocycles. The molecule has 1 N–H and O–H groups in total. The number of aliphatic imine (C=N–C) groups is 1. The molecule has 2 nitrogen and oxygen atoms in total. The molecule has 1 spiro atoms. The summed E-state index contributed by atoms with van der Waals surface area (Å²) in [6.45, 7) is 2.23. The molecule has 0 bridgehead atoms. The van der Waals surface area contributed by atoms with Crippen molar-refractivity contribution >= 4 is 6.34 Å². The fourth-order valence-corrected chi connectivity index (χ4v) is 1.63. The third-order valence-electron chi connectivity index (χ3n) is 2.50. The minimum absolute atomic E-state index is 0.592. The van der Waals surface area contributed by atoms with Gasteiger partial charge in [-0.2, -0.15) is 0 Å². The molecule has 2 heteroatoms. The molecule has 0 aromatic rings. The maximum absolute atomic E-state index is 4.22. The first kappa shape index (κ1) is 5.27. The average molecular weight is 124 g/mol. The van der Waals surface area contributed by atoms with E-state index in [1.807, 2.05) is 6.34 Å². The fourth-order valence-electron chi connectivity index (χ4n) is 1.63. The van der Waals surface area contributed by atoms with Crippen molar-refractivity contribution in [1.82, 2.24) is 5.32 Å². The van der Waals surface area contributed by atoms with Crippen molar-refractivity contribution in [2.45, 2.75) is 19.3 Å². The molecule has 0 atom stereocenters. The van der Waals surface area contributed by atoms with Gasteiger partial charge < -0.3 is 5.32 Å². The molecule has 1 saturated carbocycles. The smallest absolute Gasteiger partial charge is 0.0824 e. The Labute approximate surface area is 55.4 Å². The molecule has 0 amide bonds. The van der Waals surface area contributed by atoms with Gasteiger partial charge in [0.05, 0.1) is 6.34 Å². The van der Waals surface area contributed by atoms with E-state index >= 15 is 0 Å². The highest BCUT2D eigenvalue weighted by Gasteiger charge is 2.37. The molecule has 0 aromatic heterocycles. The van der Waals surface area contributed by atoms with Crippen LogP contribution in [0.5, 0.6) is 0 Å². The molecule has 2 rings (SSSR count). The van der Waals surface area contributed by atoms with E-state index in [1.165, 1.54) is 19.3 Å². The van der Waals surface area contributed by atoms with E-state index in [4.69, 9.17) is 0 Å². The Morgan fingerprint density at radius 2 is 2.33 bits per heavy atom. The Bertz CT molecular complexity index is 136. The van der Waals surface area contributed by atoms with E-state index in [0.29, 0.717) is 5.41 Å². The fraction of sp³-hybridized carbons (Fsp3) is 0.857. The van der Waals surface area contributed by atoms with Gasteiger partial charge in [0.2, 0.25) is 0 Å². The van der Waals surface area contributed by atoms with Crippen LogP contribution >= 0.6 is 0 Å². The summed E-state index contributed by atoms with van der Waals surface area (Å²) in [6, 6.07) is 0. The van der Waals surface area contributed by atoms with E-state index in [0.717, 1.165) is 13.1 Å². The van der Waals surface area contributed by atoms with Crippen LogP contribution in [0.4, 0.5) is 0 Å². The SMILES string of the molecule is C1=NCC2(CCC2)CN1. The van der Waals surface area contributed by atoms with E-state index in [9.17, 15) is 0 Å². The lowest BCUT2D eigenvalue weighted by Gasteiger charge is -2.42. The van der Waals surface area contributed by atoms with Crippen molar-refractivity contribution in [3.8, 4) is 0 Å². The zero-order valence-corrected chi connectivity index (χ0v) is 5.56. The van der Waals surface area contributed by atoms with Crippen LogP contribution in [-0.2, 0) is 0 Å². The van der Waals surface area contributed by atoms with Gasteiger partial charge in [-0.1, -0.05) is 6.42 Å². The predicted molar refractivity (Wildman–Crippen MR) is 37.6 cm³/mol. The van der Waals surface area contributed by atoms with Crippen molar-refractivity contribution < 1.29 is 0 Å². The monoisotopic (exact) mass is 124 g/mol. The number of hydrogen-bond donors (Lipinski definition) is 1. The molecule has 0 unspecified atom stereocenters. The van der Waals surface area contributed by atoms with Crippen LogP contribution in [0.25, 0.3) is 0 Å². The lowest BCUT2D eigenvalue weighted by molar-refractivity contribution is 0.144. The summed E-state index contributed by atoms with van der Waals surface area (Å²) in [5, 5.41) is 3.19. The minimum atomic E-state index is 0.592. The van der Waals surface area contributed by atoms with E-state index in [2.05, 4.69) is 10.3 Å². The molecular weight excluding hydrogens is 112 g/mol. The summed E-state index contributed by atoms with van der Waals surface area (Å²) in [7, 11) is 0. The maximum Gasteiger partial charge on any atom is 0.0824 e. The average Bonchev–Trinajstić information content (AvgIpc) is 1.87. The van der Waals surface area contributed by atoms with Gasteiger partial charge in [0.15, 0.2) is 0 Å². The summed E-state index contributed by atoms with van der Waals surface area (Å²) < 4.78 is 0. The zero-order valence-electron chi connectivity index (χ0n) is 5.56. The Kier molecular flexibility index (Phi) is 1.01. The highest BCUT2D eigenvalue weighted by atomic mass is 15.0. The summed E-state index contributed by atoms with van der Waals surface area (Å²) >= 11 is 0. The van der Waals surface area contributed by atoms with E-state index < -0.39 is 0 Å². The molecule has 1 aliphatic carbocycles. The Balaban J connectivity index is 2.04. The quantitative estimate of drug-likeness (QED) is 0.507. The minimum Gasteiger partial charge on any atom is -0.376 e. The first-order valence-electron chi connectivity index (χ1n) is 3.63. The molecule has 0 radical (unpaired) electrons. The van der Waals surface area contributed by atoms with Crippen LogP contribution in [-0.4, -0.2) is 19.4 Å². The molecule has 50 valence electrons. The number of hydrogen-bond acceptors (Lipinski definition) is 2.